The fourth-order valence-electron chi connectivity index (χ4n) is 8.45. The highest BCUT2D eigenvalue weighted by molar-refractivity contribution is 6.18. The quantitative estimate of drug-likeness (QED) is 0.0791. The average Bonchev–Trinajstić information content (AvgIpc) is 4.02. The molecule has 0 amide bonds. The Morgan fingerprint density at radius 1 is 0.443 bits per heavy atom. The Morgan fingerprint density at radius 2 is 0.786 bits per heavy atom. The lowest BCUT2D eigenvalue weighted by atomic mass is 10.0. The van der Waals surface area contributed by atoms with Gasteiger partial charge in [-0.1, -0.05) is 135 Å². The summed E-state index contributed by atoms with van der Waals surface area (Å²) in [5.74, 6) is -0.175. The van der Waals surface area contributed by atoms with E-state index in [1.807, 2.05) is 158 Å². The normalized spacial score (nSPS) is 11.8. The maximum Gasteiger partial charge on any atom is 0.196 e. The van der Waals surface area contributed by atoms with E-state index in [0.717, 1.165) is 68.3 Å². The summed E-state index contributed by atoms with van der Waals surface area (Å²) in [7, 11) is 0. The summed E-state index contributed by atoms with van der Waals surface area (Å²) in [4.78, 5) is 54.4. The Labute approximate surface area is 407 Å². The van der Waals surface area contributed by atoms with Crippen molar-refractivity contribution in [2.45, 2.75) is 52.6 Å². The fraction of sp³-hybridized carbons (Fsp3) is 0.133. The van der Waals surface area contributed by atoms with Crippen molar-refractivity contribution in [3.8, 4) is 0 Å². The van der Waals surface area contributed by atoms with Gasteiger partial charge >= 0.3 is 0 Å². The summed E-state index contributed by atoms with van der Waals surface area (Å²) in [5, 5.41) is 1.70. The molecule has 0 fully saturated rings. The molecule has 2 unspecified atom stereocenters. The van der Waals surface area contributed by atoms with Gasteiger partial charge in [0.25, 0.3) is 0 Å². The van der Waals surface area contributed by atoms with E-state index in [2.05, 4.69) is 56.8 Å². The van der Waals surface area contributed by atoms with Gasteiger partial charge in [-0.15, -0.1) is 0 Å². The molecule has 10 nitrogen and oxygen atoms in total. The molecule has 0 N–H and O–H groups in total. The van der Waals surface area contributed by atoms with Gasteiger partial charge in [0.05, 0.1) is 46.2 Å². The molecule has 0 aliphatic carbocycles. The second kappa shape index (κ2) is 21.5. The van der Waals surface area contributed by atoms with Crippen LogP contribution in [0.15, 0.2) is 218 Å². The zero-order valence-corrected chi connectivity index (χ0v) is 39.6. The van der Waals surface area contributed by atoms with E-state index >= 15 is 0 Å². The highest BCUT2D eigenvalue weighted by Gasteiger charge is 2.21. The lowest BCUT2D eigenvalue weighted by Crippen LogP contribution is -2.04. The van der Waals surface area contributed by atoms with Gasteiger partial charge < -0.3 is 9.13 Å². The van der Waals surface area contributed by atoms with Gasteiger partial charge in [0, 0.05) is 117 Å². The highest BCUT2D eigenvalue weighted by Crippen LogP contribution is 2.30. The third-order valence-corrected chi connectivity index (χ3v) is 12.5. The zero-order chi connectivity index (χ0) is 48.4. The van der Waals surface area contributed by atoms with Crippen molar-refractivity contribution in [3.63, 3.8) is 0 Å². The number of nitrogens with zero attached hydrogens (tertiary/aromatic N) is 8. The Morgan fingerprint density at radius 3 is 1.11 bits per heavy atom. The van der Waals surface area contributed by atoms with Gasteiger partial charge in [0.2, 0.25) is 0 Å². The molecule has 2 atom stereocenters. The molecule has 4 aromatic carbocycles. The lowest BCUT2D eigenvalue weighted by Gasteiger charge is -2.12. The van der Waals surface area contributed by atoms with E-state index in [1.165, 1.54) is 0 Å². The molecule has 6 heterocycles. The third kappa shape index (κ3) is 10.1. The first kappa shape index (κ1) is 46.4. The van der Waals surface area contributed by atoms with Crippen LogP contribution in [0.2, 0.25) is 0 Å². The van der Waals surface area contributed by atoms with Gasteiger partial charge in [-0.3, -0.25) is 29.5 Å². The maximum absolute atomic E-state index is 13.6. The van der Waals surface area contributed by atoms with Crippen LogP contribution in [0, 0.1) is 0 Å². The number of rotatable bonds is 14. The summed E-state index contributed by atoms with van der Waals surface area (Å²) in [6.45, 7) is 8.59. The van der Waals surface area contributed by atoms with Crippen molar-refractivity contribution in [3.05, 3.63) is 252 Å². The molecule has 0 saturated heterocycles. The molecular formula is C60H52N8O2. The molecule has 10 aromatic rings. The molecule has 0 radical (unpaired) electrons. The highest BCUT2D eigenvalue weighted by atomic mass is 16.1. The van der Waals surface area contributed by atoms with Crippen molar-refractivity contribution in [2.24, 2.45) is 9.98 Å². The molecule has 10 heteroatoms. The standard InChI is InChI=1S/2C30H26N4O/c2*1-3-21(2)34-20-27(26-19-31-15-14-28(26)34)30(35)24-16-25(18-32-17-24)33-29(22-10-6-4-7-11-22)23-12-8-5-9-13-23/h2*4-21H,3H2,1-2H3. The Kier molecular flexibility index (Phi) is 14.2. The summed E-state index contributed by atoms with van der Waals surface area (Å²) in [5.41, 5.74) is 11.2. The number of carbonyl (C=O) groups is 2. The van der Waals surface area contributed by atoms with Gasteiger partial charge in [0.15, 0.2) is 11.6 Å². The van der Waals surface area contributed by atoms with Crippen LogP contribution in [0.5, 0.6) is 0 Å². The number of carbonyl (C=O) groups excluding carboxylic acids is 2. The predicted molar refractivity (Wildman–Crippen MR) is 281 cm³/mol. The number of pyridine rings is 4. The molecule has 344 valence electrons. The van der Waals surface area contributed by atoms with E-state index in [0.29, 0.717) is 33.6 Å². The van der Waals surface area contributed by atoms with Crippen LogP contribution in [0.4, 0.5) is 11.4 Å². The minimum absolute atomic E-state index is 0.0874. The van der Waals surface area contributed by atoms with Crippen molar-refractivity contribution < 1.29 is 9.59 Å². The van der Waals surface area contributed by atoms with Crippen LogP contribution in [0.25, 0.3) is 21.8 Å². The van der Waals surface area contributed by atoms with Crippen LogP contribution in [0.1, 0.15) is 107 Å². The average molecular weight is 917 g/mol. The first-order valence-corrected chi connectivity index (χ1v) is 23.6. The van der Waals surface area contributed by atoms with Gasteiger partial charge in [-0.05, 0) is 51.0 Å². The molecule has 0 saturated carbocycles. The Bertz CT molecular complexity index is 3160. The van der Waals surface area contributed by atoms with Gasteiger partial charge in [-0.25, -0.2) is 9.98 Å². The molecule has 10 rings (SSSR count). The van der Waals surface area contributed by atoms with Gasteiger partial charge in [-0.2, -0.15) is 0 Å². The third-order valence-electron chi connectivity index (χ3n) is 12.5. The molecular weight excluding hydrogens is 865 g/mol. The second-order valence-corrected chi connectivity index (χ2v) is 17.1. The molecule has 0 bridgehead atoms. The van der Waals surface area contributed by atoms with Gasteiger partial charge in [0.1, 0.15) is 0 Å². The maximum atomic E-state index is 13.6. The van der Waals surface area contributed by atoms with E-state index < -0.39 is 0 Å². The first-order valence-electron chi connectivity index (χ1n) is 23.6. The van der Waals surface area contributed by atoms with Crippen molar-refractivity contribution in [1.29, 1.82) is 0 Å². The summed E-state index contributed by atoms with van der Waals surface area (Å²) in [6.07, 6.45) is 19.5. The number of aliphatic imine (C=N–C) groups is 2. The monoisotopic (exact) mass is 916 g/mol. The number of benzene rings is 4. The smallest absolute Gasteiger partial charge is 0.196 e. The lowest BCUT2D eigenvalue weighted by molar-refractivity contribution is 0.103. The summed E-state index contributed by atoms with van der Waals surface area (Å²) < 4.78 is 4.31. The number of fused-ring (bicyclic) bond motifs is 2. The van der Waals surface area contributed by atoms with E-state index in [4.69, 9.17) is 9.98 Å². The molecule has 0 spiro atoms. The Balaban J connectivity index is 0.000000174. The minimum atomic E-state index is -0.0874. The van der Waals surface area contributed by atoms with Crippen LogP contribution in [-0.4, -0.2) is 52.1 Å². The van der Waals surface area contributed by atoms with Crippen LogP contribution in [-0.2, 0) is 0 Å². The van der Waals surface area contributed by atoms with E-state index in [9.17, 15) is 9.59 Å². The molecule has 6 aromatic heterocycles. The van der Waals surface area contributed by atoms with Crippen molar-refractivity contribution in [1.82, 2.24) is 29.1 Å². The zero-order valence-electron chi connectivity index (χ0n) is 39.6. The topological polar surface area (TPSA) is 120 Å². The number of aromatic nitrogens is 6. The van der Waals surface area contributed by atoms with E-state index in [1.54, 1.807) is 49.6 Å². The largest absolute Gasteiger partial charge is 0.344 e. The Hall–Kier alpha value is -8.76. The second-order valence-electron chi connectivity index (χ2n) is 17.1. The fourth-order valence-corrected chi connectivity index (χ4v) is 8.45. The minimum Gasteiger partial charge on any atom is -0.344 e. The summed E-state index contributed by atoms with van der Waals surface area (Å²) in [6, 6.07) is 48.2. The molecule has 0 aliphatic heterocycles. The number of ketones is 2. The number of hydrogen-bond acceptors (Lipinski definition) is 8. The van der Waals surface area contributed by atoms with Crippen LogP contribution < -0.4 is 0 Å². The SMILES string of the molecule is CCC(C)n1cc(C(=O)c2cncc(N=C(c3ccccc3)c3ccccc3)c2)c2cnccc21.CCC(C)n1cc(C(=O)c2cncc(N=C(c3ccccc3)c3ccccc3)c2)c2cnccc21. The van der Waals surface area contributed by atoms with E-state index in [-0.39, 0.29) is 23.7 Å². The van der Waals surface area contributed by atoms with Crippen molar-refractivity contribution >= 4 is 56.2 Å². The number of hydrogen-bond donors (Lipinski definition) is 0. The molecule has 70 heavy (non-hydrogen) atoms. The van der Waals surface area contributed by atoms with Crippen molar-refractivity contribution in [2.75, 3.05) is 0 Å². The summed E-state index contributed by atoms with van der Waals surface area (Å²) >= 11 is 0. The van der Waals surface area contributed by atoms with Crippen LogP contribution in [0.3, 0.4) is 0 Å². The molecule has 0 aliphatic rings. The van der Waals surface area contributed by atoms with Crippen LogP contribution >= 0.6 is 0 Å². The first-order chi connectivity index (χ1) is 34.3. The predicted octanol–water partition coefficient (Wildman–Crippen LogP) is 13.6.